The van der Waals surface area contributed by atoms with Crippen LogP contribution in [-0.4, -0.2) is 10.8 Å². The third-order valence-electron chi connectivity index (χ3n) is 3.33. The standard InChI is InChI=1S/C15H13ClFNO2S/c16-11-5-9-3-4-20-15(9)10(6-11)8-21(19)14-2-1-12(17)7-13(14)18/h1-2,5-7H,3-4,8,18H2. The second kappa shape index (κ2) is 5.66. The molecule has 1 heterocycles. The fraction of sp³-hybridized carbons (Fsp3) is 0.200. The van der Waals surface area contributed by atoms with Gasteiger partial charge in [0, 0.05) is 17.0 Å². The SMILES string of the molecule is Nc1cc(F)ccc1S(=O)Cc1cc(Cl)cc2c1OCC2. The molecule has 6 heteroatoms. The van der Waals surface area contributed by atoms with E-state index < -0.39 is 16.6 Å². The molecule has 110 valence electrons. The number of anilines is 1. The van der Waals surface area contributed by atoms with Crippen molar-refractivity contribution in [2.45, 2.75) is 17.1 Å². The average molecular weight is 326 g/mol. The number of rotatable bonds is 3. The maximum atomic E-state index is 13.1. The molecule has 0 spiro atoms. The summed E-state index contributed by atoms with van der Waals surface area (Å²) in [6, 6.07) is 7.49. The molecule has 0 bridgehead atoms. The summed E-state index contributed by atoms with van der Waals surface area (Å²) in [5, 5.41) is 0.596. The van der Waals surface area contributed by atoms with Crippen LogP contribution in [0.3, 0.4) is 0 Å². The Kier molecular flexibility index (Phi) is 3.87. The topological polar surface area (TPSA) is 52.3 Å². The Labute approximate surface area is 129 Å². The maximum Gasteiger partial charge on any atom is 0.126 e. The summed E-state index contributed by atoms with van der Waals surface area (Å²) in [6.07, 6.45) is 0.800. The van der Waals surface area contributed by atoms with Gasteiger partial charge >= 0.3 is 0 Å². The molecule has 0 fully saturated rings. The first-order valence-electron chi connectivity index (χ1n) is 6.42. The van der Waals surface area contributed by atoms with Crippen LogP contribution in [0.4, 0.5) is 10.1 Å². The Bertz CT molecular complexity index is 736. The van der Waals surface area contributed by atoms with Gasteiger partial charge in [-0.15, -0.1) is 0 Å². The molecule has 1 unspecified atom stereocenters. The zero-order valence-corrected chi connectivity index (χ0v) is 12.6. The van der Waals surface area contributed by atoms with Crippen LogP contribution >= 0.6 is 11.6 Å². The van der Waals surface area contributed by atoms with Crippen LogP contribution in [0.5, 0.6) is 5.75 Å². The van der Waals surface area contributed by atoms with E-state index in [1.165, 1.54) is 18.2 Å². The molecule has 0 aromatic heterocycles. The van der Waals surface area contributed by atoms with E-state index in [0.717, 1.165) is 23.3 Å². The number of ether oxygens (including phenoxy) is 1. The normalized spacial score (nSPS) is 14.6. The summed E-state index contributed by atoms with van der Waals surface area (Å²) in [5.74, 6) is 0.548. The van der Waals surface area contributed by atoms with Crippen molar-refractivity contribution < 1.29 is 13.3 Å². The molecule has 3 nitrogen and oxygen atoms in total. The van der Waals surface area contributed by atoms with E-state index in [1.807, 2.05) is 6.07 Å². The molecule has 2 aromatic rings. The lowest BCUT2D eigenvalue weighted by Crippen LogP contribution is -2.03. The summed E-state index contributed by atoms with van der Waals surface area (Å²) in [6.45, 7) is 0.605. The minimum atomic E-state index is -1.39. The Balaban J connectivity index is 1.92. The second-order valence-corrected chi connectivity index (χ2v) is 6.68. The molecule has 1 atom stereocenters. The van der Waals surface area contributed by atoms with Crippen molar-refractivity contribution in [3.8, 4) is 5.75 Å². The molecular formula is C15H13ClFNO2S. The fourth-order valence-corrected chi connectivity index (χ4v) is 3.86. The van der Waals surface area contributed by atoms with E-state index in [4.69, 9.17) is 22.1 Å². The minimum absolute atomic E-state index is 0.188. The number of nitrogen functional groups attached to an aromatic ring is 1. The summed E-state index contributed by atoms with van der Waals surface area (Å²) < 4.78 is 31.1. The predicted molar refractivity (Wildman–Crippen MR) is 81.6 cm³/mol. The third kappa shape index (κ3) is 2.89. The number of hydrogen-bond acceptors (Lipinski definition) is 3. The van der Waals surface area contributed by atoms with Crippen molar-refractivity contribution in [3.05, 3.63) is 52.3 Å². The van der Waals surface area contributed by atoms with Crippen LogP contribution in [0.25, 0.3) is 0 Å². The zero-order valence-electron chi connectivity index (χ0n) is 11.1. The zero-order chi connectivity index (χ0) is 15.0. The Hall–Kier alpha value is -1.59. The number of fused-ring (bicyclic) bond motifs is 1. The van der Waals surface area contributed by atoms with E-state index >= 15 is 0 Å². The highest BCUT2D eigenvalue weighted by Gasteiger charge is 2.20. The van der Waals surface area contributed by atoms with Crippen molar-refractivity contribution in [3.63, 3.8) is 0 Å². The highest BCUT2D eigenvalue weighted by Crippen LogP contribution is 2.34. The highest BCUT2D eigenvalue weighted by atomic mass is 35.5. The van der Waals surface area contributed by atoms with Gasteiger partial charge < -0.3 is 10.5 Å². The van der Waals surface area contributed by atoms with Gasteiger partial charge in [-0.2, -0.15) is 0 Å². The molecule has 21 heavy (non-hydrogen) atoms. The molecule has 3 rings (SSSR count). The smallest absolute Gasteiger partial charge is 0.126 e. The molecule has 1 aliphatic rings. The van der Waals surface area contributed by atoms with Crippen molar-refractivity contribution in [2.75, 3.05) is 12.3 Å². The molecule has 0 saturated heterocycles. The molecule has 2 aromatic carbocycles. The highest BCUT2D eigenvalue weighted by molar-refractivity contribution is 7.84. The van der Waals surface area contributed by atoms with Crippen LogP contribution in [0.15, 0.2) is 35.2 Å². The van der Waals surface area contributed by atoms with Crippen molar-refractivity contribution >= 4 is 28.1 Å². The lowest BCUT2D eigenvalue weighted by molar-refractivity contribution is 0.354. The van der Waals surface area contributed by atoms with Gasteiger partial charge in [0.25, 0.3) is 0 Å². The van der Waals surface area contributed by atoms with Crippen molar-refractivity contribution in [1.82, 2.24) is 0 Å². The molecule has 0 radical (unpaired) electrons. The number of nitrogens with two attached hydrogens (primary N) is 1. The monoisotopic (exact) mass is 325 g/mol. The van der Waals surface area contributed by atoms with Gasteiger partial charge in [0.1, 0.15) is 11.6 Å². The van der Waals surface area contributed by atoms with E-state index in [0.29, 0.717) is 16.5 Å². The largest absolute Gasteiger partial charge is 0.493 e. The van der Waals surface area contributed by atoms with Gasteiger partial charge in [-0.3, -0.25) is 4.21 Å². The van der Waals surface area contributed by atoms with Crippen molar-refractivity contribution in [2.24, 2.45) is 0 Å². The summed E-state index contributed by atoms with van der Waals surface area (Å²) in [4.78, 5) is 0.420. The van der Waals surface area contributed by atoms with E-state index in [2.05, 4.69) is 0 Å². The molecule has 0 aliphatic carbocycles. The lowest BCUT2D eigenvalue weighted by atomic mass is 10.1. The first kappa shape index (κ1) is 14.4. The molecule has 0 amide bonds. The number of benzene rings is 2. The van der Waals surface area contributed by atoms with Gasteiger partial charge in [-0.25, -0.2) is 4.39 Å². The Morgan fingerprint density at radius 2 is 2.14 bits per heavy atom. The molecule has 2 N–H and O–H groups in total. The maximum absolute atomic E-state index is 13.1. The van der Waals surface area contributed by atoms with Gasteiger partial charge in [-0.1, -0.05) is 11.6 Å². The first-order valence-corrected chi connectivity index (χ1v) is 8.12. The predicted octanol–water partition coefficient (Wildman–Crippen LogP) is 3.30. The average Bonchev–Trinajstić information content (AvgIpc) is 2.86. The summed E-state index contributed by atoms with van der Waals surface area (Å²) in [5.41, 5.74) is 7.73. The molecule has 1 aliphatic heterocycles. The van der Waals surface area contributed by atoms with Gasteiger partial charge in [0.05, 0.1) is 33.7 Å². The second-order valence-electron chi connectivity index (χ2n) is 4.82. The van der Waals surface area contributed by atoms with Crippen LogP contribution in [0.1, 0.15) is 11.1 Å². The van der Waals surface area contributed by atoms with Crippen LogP contribution in [0, 0.1) is 5.82 Å². The van der Waals surface area contributed by atoms with Crippen LogP contribution in [0.2, 0.25) is 5.02 Å². The number of halogens is 2. The van der Waals surface area contributed by atoms with Crippen LogP contribution < -0.4 is 10.5 Å². The Morgan fingerprint density at radius 1 is 1.33 bits per heavy atom. The van der Waals surface area contributed by atoms with Crippen LogP contribution in [-0.2, 0) is 23.0 Å². The summed E-state index contributed by atoms with van der Waals surface area (Å²) >= 11 is 6.08. The molecule has 0 saturated carbocycles. The van der Waals surface area contributed by atoms with E-state index in [1.54, 1.807) is 6.07 Å². The number of hydrogen-bond donors (Lipinski definition) is 1. The van der Waals surface area contributed by atoms with Gasteiger partial charge in [0.2, 0.25) is 0 Å². The van der Waals surface area contributed by atoms with Gasteiger partial charge in [-0.05, 0) is 35.9 Å². The Morgan fingerprint density at radius 3 is 2.90 bits per heavy atom. The quantitative estimate of drug-likeness (QED) is 0.881. The summed E-state index contributed by atoms with van der Waals surface area (Å²) in [7, 11) is -1.39. The van der Waals surface area contributed by atoms with E-state index in [9.17, 15) is 8.60 Å². The molecular weight excluding hydrogens is 313 g/mol. The van der Waals surface area contributed by atoms with E-state index in [-0.39, 0.29) is 11.4 Å². The first-order chi connectivity index (χ1) is 10.0. The van der Waals surface area contributed by atoms with Gasteiger partial charge in [0.15, 0.2) is 0 Å². The third-order valence-corrected chi connectivity index (χ3v) is 4.98. The van der Waals surface area contributed by atoms with Crippen molar-refractivity contribution in [1.29, 1.82) is 0 Å². The minimum Gasteiger partial charge on any atom is -0.493 e. The lowest BCUT2D eigenvalue weighted by Gasteiger charge is -2.10. The fourth-order valence-electron chi connectivity index (χ4n) is 2.40.